The van der Waals surface area contributed by atoms with E-state index in [0.717, 1.165) is 5.75 Å². The van der Waals surface area contributed by atoms with E-state index >= 15 is 0 Å². The second-order valence-corrected chi connectivity index (χ2v) is 5.43. The van der Waals surface area contributed by atoms with Gasteiger partial charge in [0.15, 0.2) is 6.10 Å². The Balaban J connectivity index is 2.19. The van der Waals surface area contributed by atoms with Gasteiger partial charge in [0.2, 0.25) is 0 Å². The normalized spacial score (nSPS) is 13.0. The molecule has 5 nitrogen and oxygen atoms in total. The van der Waals surface area contributed by atoms with Gasteiger partial charge < -0.3 is 9.47 Å². The van der Waals surface area contributed by atoms with E-state index in [1.807, 2.05) is 26.0 Å². The predicted octanol–water partition coefficient (Wildman–Crippen LogP) is 2.91. The van der Waals surface area contributed by atoms with Crippen LogP contribution >= 0.6 is 0 Å². The molecular weight excluding hydrogens is 292 g/mol. The quantitative estimate of drug-likeness (QED) is 0.852. The fourth-order valence-corrected chi connectivity index (χ4v) is 2.09. The number of hydrogen-bond donors (Lipinski definition) is 0. The van der Waals surface area contributed by atoms with Gasteiger partial charge in [0.25, 0.3) is 5.91 Å². The second kappa shape index (κ2) is 7.63. The van der Waals surface area contributed by atoms with Crippen LogP contribution in [0.2, 0.25) is 0 Å². The molecule has 2 aromatic rings. The molecule has 1 unspecified atom stereocenters. The molecule has 1 aromatic heterocycles. The molecule has 0 radical (unpaired) electrons. The lowest BCUT2D eigenvalue weighted by atomic mass is 10.3. The topological polar surface area (TPSA) is 52.8 Å². The number of pyridine rings is 1. The summed E-state index contributed by atoms with van der Waals surface area (Å²) in [4.78, 5) is 17.1. The van der Waals surface area contributed by atoms with Crippen LogP contribution in [-0.4, -0.2) is 29.7 Å². The fraction of sp³-hybridized carbons (Fsp3) is 0.333. The lowest BCUT2D eigenvalue weighted by Crippen LogP contribution is -2.36. The first kappa shape index (κ1) is 16.8. The van der Waals surface area contributed by atoms with Gasteiger partial charge in [0, 0.05) is 12.2 Å². The highest BCUT2D eigenvalue weighted by atomic mass is 16.5. The van der Waals surface area contributed by atoms with Crippen LogP contribution in [-0.2, 0) is 0 Å². The number of nitrogens with zero attached hydrogens (tertiary/aromatic N) is 2. The molecule has 0 aliphatic heterocycles. The Hall–Kier alpha value is -2.56. The lowest BCUT2D eigenvalue weighted by molar-refractivity contribution is 0.0721. The first-order chi connectivity index (χ1) is 11.0. The maximum absolute atomic E-state index is 12.6. The van der Waals surface area contributed by atoms with Crippen molar-refractivity contribution < 1.29 is 14.3 Å². The Labute approximate surface area is 136 Å². The van der Waals surface area contributed by atoms with E-state index in [1.54, 1.807) is 50.6 Å². The van der Waals surface area contributed by atoms with Gasteiger partial charge in [-0.3, -0.25) is 14.4 Å². The second-order valence-electron chi connectivity index (χ2n) is 5.43. The van der Waals surface area contributed by atoms with Gasteiger partial charge in [-0.05, 0) is 57.2 Å². The highest BCUT2D eigenvalue weighted by Crippen LogP contribution is 2.18. The van der Waals surface area contributed by atoms with Crippen LogP contribution in [0, 0.1) is 0 Å². The molecule has 0 N–H and O–H groups in total. The van der Waals surface area contributed by atoms with Crippen molar-refractivity contribution in [2.45, 2.75) is 32.9 Å². The van der Waals surface area contributed by atoms with Crippen molar-refractivity contribution in [2.75, 3.05) is 7.11 Å². The monoisotopic (exact) mass is 314 g/mol. The van der Waals surface area contributed by atoms with Gasteiger partial charge in [-0.15, -0.1) is 0 Å². The van der Waals surface area contributed by atoms with E-state index in [4.69, 9.17) is 9.47 Å². The van der Waals surface area contributed by atoms with E-state index in [2.05, 4.69) is 4.99 Å². The van der Waals surface area contributed by atoms with Crippen LogP contribution in [0.3, 0.4) is 0 Å². The number of benzene rings is 1. The van der Waals surface area contributed by atoms with Crippen molar-refractivity contribution in [3.63, 3.8) is 0 Å². The summed E-state index contributed by atoms with van der Waals surface area (Å²) in [6.45, 7) is 5.67. The van der Waals surface area contributed by atoms with Gasteiger partial charge in [0.1, 0.15) is 17.0 Å². The molecule has 0 spiro atoms. The van der Waals surface area contributed by atoms with Crippen LogP contribution in [0.15, 0.2) is 53.7 Å². The third-order valence-electron chi connectivity index (χ3n) is 3.19. The molecule has 0 saturated carbocycles. The van der Waals surface area contributed by atoms with Gasteiger partial charge >= 0.3 is 0 Å². The van der Waals surface area contributed by atoms with Gasteiger partial charge in [-0.1, -0.05) is 6.07 Å². The highest BCUT2D eigenvalue weighted by molar-refractivity contribution is 5.83. The zero-order valence-electron chi connectivity index (χ0n) is 13.9. The Morgan fingerprint density at radius 2 is 1.70 bits per heavy atom. The summed E-state index contributed by atoms with van der Waals surface area (Å²) in [7, 11) is 1.60. The molecule has 1 atom stereocenters. The smallest absolute Gasteiger partial charge is 0.272 e. The lowest BCUT2D eigenvalue weighted by Gasteiger charge is -2.16. The van der Waals surface area contributed by atoms with E-state index in [9.17, 15) is 4.79 Å². The van der Waals surface area contributed by atoms with Crippen molar-refractivity contribution in [3.8, 4) is 11.5 Å². The Bertz CT molecular complexity index is 718. The average Bonchev–Trinajstić information content (AvgIpc) is 2.55. The van der Waals surface area contributed by atoms with Crippen molar-refractivity contribution >= 4 is 5.91 Å². The Morgan fingerprint density at radius 3 is 2.30 bits per heavy atom. The van der Waals surface area contributed by atoms with E-state index in [-0.39, 0.29) is 11.9 Å². The molecule has 0 bridgehead atoms. The van der Waals surface area contributed by atoms with Crippen molar-refractivity contribution in [1.29, 1.82) is 0 Å². The van der Waals surface area contributed by atoms with Crippen molar-refractivity contribution in [1.82, 2.24) is 4.57 Å². The van der Waals surface area contributed by atoms with Gasteiger partial charge in [0.05, 0.1) is 7.11 Å². The van der Waals surface area contributed by atoms with Crippen molar-refractivity contribution in [3.05, 3.63) is 54.1 Å². The minimum absolute atomic E-state index is 0.106. The molecular formula is C18H22N2O3. The molecule has 0 aliphatic carbocycles. The zero-order valence-corrected chi connectivity index (χ0v) is 13.9. The van der Waals surface area contributed by atoms with E-state index in [1.165, 1.54) is 4.57 Å². The summed E-state index contributed by atoms with van der Waals surface area (Å²) in [5.41, 5.74) is 0.623. The molecule has 0 saturated heterocycles. The minimum Gasteiger partial charge on any atom is -0.497 e. The van der Waals surface area contributed by atoms with Crippen LogP contribution in [0.1, 0.15) is 25.6 Å². The molecule has 2 rings (SSSR count). The van der Waals surface area contributed by atoms with Crippen LogP contribution < -0.4 is 15.0 Å². The van der Waals surface area contributed by atoms with Crippen molar-refractivity contribution in [2.24, 2.45) is 4.99 Å². The molecule has 5 heteroatoms. The first-order valence-electron chi connectivity index (χ1n) is 7.57. The van der Waals surface area contributed by atoms with E-state index in [0.29, 0.717) is 11.2 Å². The maximum Gasteiger partial charge on any atom is 0.272 e. The van der Waals surface area contributed by atoms with Crippen LogP contribution in [0.25, 0.3) is 0 Å². The summed E-state index contributed by atoms with van der Waals surface area (Å²) < 4.78 is 12.3. The molecule has 0 fully saturated rings. The third kappa shape index (κ3) is 4.45. The number of rotatable bonds is 5. The number of methoxy groups -OCH3 is 1. The van der Waals surface area contributed by atoms with Gasteiger partial charge in [-0.2, -0.15) is 0 Å². The number of hydrogen-bond acceptors (Lipinski definition) is 4. The number of ether oxygens (including phenoxy) is 2. The first-order valence-corrected chi connectivity index (χ1v) is 7.57. The minimum atomic E-state index is -0.628. The number of carbonyl (C=O) groups excluding carboxylic acids is 1. The summed E-state index contributed by atoms with van der Waals surface area (Å²) in [5.74, 6) is 1.19. The Morgan fingerprint density at radius 1 is 1.04 bits per heavy atom. The number of aromatic nitrogens is 1. The van der Waals surface area contributed by atoms with E-state index < -0.39 is 6.10 Å². The predicted molar refractivity (Wildman–Crippen MR) is 88.8 cm³/mol. The summed E-state index contributed by atoms with van der Waals surface area (Å²) in [6.07, 6.45) is 1.08. The maximum atomic E-state index is 12.6. The highest BCUT2D eigenvalue weighted by Gasteiger charge is 2.17. The molecule has 0 aliphatic rings. The van der Waals surface area contributed by atoms with Crippen LogP contribution in [0.5, 0.6) is 11.5 Å². The fourth-order valence-electron chi connectivity index (χ4n) is 2.09. The molecule has 1 heterocycles. The average molecular weight is 314 g/mol. The molecule has 122 valence electrons. The summed E-state index contributed by atoms with van der Waals surface area (Å²) in [5, 5.41) is 0. The molecule has 23 heavy (non-hydrogen) atoms. The van der Waals surface area contributed by atoms with Gasteiger partial charge in [-0.25, -0.2) is 0 Å². The Kier molecular flexibility index (Phi) is 5.57. The summed E-state index contributed by atoms with van der Waals surface area (Å²) in [6, 6.07) is 12.7. The largest absolute Gasteiger partial charge is 0.497 e. The standard InChI is InChI=1S/C18H22N2O3/c1-13(2)19-17-7-5-6-12-20(17)18(21)14(3)23-16-10-8-15(22-4)9-11-16/h5-14H,1-4H3. The summed E-state index contributed by atoms with van der Waals surface area (Å²) >= 11 is 0. The van der Waals surface area contributed by atoms with Crippen LogP contribution in [0.4, 0.5) is 0 Å². The third-order valence-corrected chi connectivity index (χ3v) is 3.19. The SMILES string of the molecule is COc1ccc(OC(C)C(=O)n2ccccc2=NC(C)C)cc1. The molecule has 0 amide bonds. The zero-order chi connectivity index (χ0) is 16.8. The number of carbonyl (C=O) groups is 1. The molecule has 1 aromatic carbocycles.